The van der Waals surface area contributed by atoms with E-state index < -0.39 is 0 Å². The molecule has 1 heterocycles. The SMILES string of the molecule is CCC[C@@]1(C)NN=C(c2ccccc2)S1. The summed E-state index contributed by atoms with van der Waals surface area (Å²) in [4.78, 5) is 0.0833. The summed E-state index contributed by atoms with van der Waals surface area (Å²) in [5, 5.41) is 5.51. The molecule has 0 bridgehead atoms. The average Bonchev–Trinajstić information content (AvgIpc) is 2.63. The van der Waals surface area contributed by atoms with Crippen LogP contribution in [0.2, 0.25) is 0 Å². The van der Waals surface area contributed by atoms with Gasteiger partial charge in [0.05, 0.1) is 0 Å². The Morgan fingerprint density at radius 1 is 1.33 bits per heavy atom. The Hall–Kier alpha value is -0.960. The number of benzene rings is 1. The second kappa shape index (κ2) is 4.27. The summed E-state index contributed by atoms with van der Waals surface area (Å²) >= 11 is 1.83. The second-order valence-corrected chi connectivity index (χ2v) is 5.47. The summed E-state index contributed by atoms with van der Waals surface area (Å²) in [6.45, 7) is 4.41. The van der Waals surface area contributed by atoms with E-state index in [2.05, 4.69) is 36.5 Å². The Labute approximate surface area is 95.2 Å². The van der Waals surface area contributed by atoms with Crippen LogP contribution in [0.5, 0.6) is 0 Å². The minimum absolute atomic E-state index is 0.0833. The number of thioether (sulfide) groups is 1. The van der Waals surface area contributed by atoms with Gasteiger partial charge in [0.15, 0.2) is 0 Å². The van der Waals surface area contributed by atoms with E-state index in [0.717, 1.165) is 11.5 Å². The molecule has 0 saturated carbocycles. The van der Waals surface area contributed by atoms with Crippen molar-refractivity contribution in [2.45, 2.75) is 31.6 Å². The summed E-state index contributed by atoms with van der Waals surface area (Å²) < 4.78 is 0. The van der Waals surface area contributed by atoms with Gasteiger partial charge >= 0.3 is 0 Å². The number of hydrogen-bond donors (Lipinski definition) is 1. The van der Waals surface area contributed by atoms with Crippen molar-refractivity contribution < 1.29 is 0 Å². The quantitative estimate of drug-likeness (QED) is 0.846. The van der Waals surface area contributed by atoms with Crippen molar-refractivity contribution in [3.63, 3.8) is 0 Å². The molecule has 15 heavy (non-hydrogen) atoms. The zero-order chi connectivity index (χ0) is 10.7. The van der Waals surface area contributed by atoms with E-state index in [1.54, 1.807) is 0 Å². The lowest BCUT2D eigenvalue weighted by molar-refractivity contribution is 0.491. The molecule has 1 aromatic rings. The molecule has 1 aromatic carbocycles. The van der Waals surface area contributed by atoms with Gasteiger partial charge in [0.25, 0.3) is 0 Å². The molecule has 1 aliphatic heterocycles. The average molecular weight is 220 g/mol. The van der Waals surface area contributed by atoms with Crippen molar-refractivity contribution in [3.8, 4) is 0 Å². The third-order valence-corrected chi connectivity index (χ3v) is 3.73. The van der Waals surface area contributed by atoms with Gasteiger partial charge in [-0.25, -0.2) is 0 Å². The van der Waals surface area contributed by atoms with E-state index in [1.807, 2.05) is 30.0 Å². The molecule has 0 saturated heterocycles. The van der Waals surface area contributed by atoms with Crippen molar-refractivity contribution in [1.29, 1.82) is 0 Å². The number of hydrazone groups is 1. The molecule has 1 N–H and O–H groups in total. The van der Waals surface area contributed by atoms with E-state index in [1.165, 1.54) is 12.0 Å². The first kappa shape index (κ1) is 10.6. The van der Waals surface area contributed by atoms with Crippen LogP contribution in [0.15, 0.2) is 35.4 Å². The van der Waals surface area contributed by atoms with Crippen molar-refractivity contribution in [2.75, 3.05) is 0 Å². The largest absolute Gasteiger partial charge is 0.293 e. The Morgan fingerprint density at radius 2 is 2.07 bits per heavy atom. The minimum Gasteiger partial charge on any atom is -0.293 e. The Bertz CT molecular complexity index is 361. The van der Waals surface area contributed by atoms with Crippen molar-refractivity contribution in [2.24, 2.45) is 5.10 Å². The molecule has 1 atom stereocenters. The lowest BCUT2D eigenvalue weighted by Gasteiger charge is -2.21. The Morgan fingerprint density at radius 3 is 2.73 bits per heavy atom. The fraction of sp³-hybridized carbons (Fsp3) is 0.417. The van der Waals surface area contributed by atoms with E-state index >= 15 is 0 Å². The van der Waals surface area contributed by atoms with Crippen LogP contribution in [0.3, 0.4) is 0 Å². The van der Waals surface area contributed by atoms with Crippen LogP contribution in [0.4, 0.5) is 0 Å². The lowest BCUT2D eigenvalue weighted by Crippen LogP contribution is -2.31. The fourth-order valence-electron chi connectivity index (χ4n) is 1.72. The lowest BCUT2D eigenvalue weighted by atomic mass is 10.2. The highest BCUT2D eigenvalue weighted by Gasteiger charge is 2.31. The smallest absolute Gasteiger partial charge is 0.126 e. The van der Waals surface area contributed by atoms with Crippen molar-refractivity contribution in [3.05, 3.63) is 35.9 Å². The summed E-state index contributed by atoms with van der Waals surface area (Å²) in [7, 11) is 0. The first-order chi connectivity index (χ1) is 7.23. The highest BCUT2D eigenvalue weighted by atomic mass is 32.2. The van der Waals surface area contributed by atoms with Crippen LogP contribution in [-0.2, 0) is 0 Å². The third-order valence-electron chi connectivity index (χ3n) is 2.46. The molecule has 1 aliphatic rings. The predicted octanol–water partition coefficient (Wildman–Crippen LogP) is 3.20. The molecule has 0 spiro atoms. The zero-order valence-electron chi connectivity index (χ0n) is 9.16. The molecule has 3 heteroatoms. The normalized spacial score (nSPS) is 24.8. The molecule has 0 amide bonds. The van der Waals surface area contributed by atoms with Crippen molar-refractivity contribution in [1.82, 2.24) is 5.43 Å². The molecular formula is C12H16N2S. The molecule has 0 fully saturated rings. The maximum absolute atomic E-state index is 4.41. The monoisotopic (exact) mass is 220 g/mol. The first-order valence-corrected chi connectivity index (χ1v) is 6.14. The third kappa shape index (κ3) is 2.34. The van der Waals surface area contributed by atoms with Gasteiger partial charge < -0.3 is 0 Å². The van der Waals surface area contributed by atoms with Crippen LogP contribution in [0.25, 0.3) is 0 Å². The number of nitrogens with one attached hydrogen (secondary N) is 1. The molecule has 2 nitrogen and oxygen atoms in total. The number of hydrogen-bond acceptors (Lipinski definition) is 3. The van der Waals surface area contributed by atoms with Gasteiger partial charge in [-0.15, -0.1) is 0 Å². The minimum atomic E-state index is 0.0833. The van der Waals surface area contributed by atoms with Gasteiger partial charge in [0.2, 0.25) is 0 Å². The molecule has 0 aromatic heterocycles. The summed E-state index contributed by atoms with van der Waals surface area (Å²) in [5.74, 6) is 0. The van der Waals surface area contributed by atoms with Crippen LogP contribution >= 0.6 is 11.8 Å². The molecule has 80 valence electrons. The number of rotatable bonds is 3. The van der Waals surface area contributed by atoms with Gasteiger partial charge in [0, 0.05) is 5.56 Å². The van der Waals surface area contributed by atoms with Gasteiger partial charge in [0.1, 0.15) is 9.91 Å². The topological polar surface area (TPSA) is 24.4 Å². The Balaban J connectivity index is 2.10. The first-order valence-electron chi connectivity index (χ1n) is 5.33. The maximum Gasteiger partial charge on any atom is 0.126 e. The molecule has 0 radical (unpaired) electrons. The van der Waals surface area contributed by atoms with Crippen LogP contribution in [0, 0.1) is 0 Å². The van der Waals surface area contributed by atoms with Gasteiger partial charge in [-0.3, -0.25) is 5.43 Å². The van der Waals surface area contributed by atoms with Crippen LogP contribution in [-0.4, -0.2) is 9.91 Å². The van der Waals surface area contributed by atoms with E-state index in [-0.39, 0.29) is 4.87 Å². The summed E-state index contributed by atoms with van der Waals surface area (Å²) in [5.41, 5.74) is 4.44. The van der Waals surface area contributed by atoms with E-state index in [0.29, 0.717) is 0 Å². The highest BCUT2D eigenvalue weighted by Crippen LogP contribution is 2.34. The van der Waals surface area contributed by atoms with Gasteiger partial charge in [-0.05, 0) is 13.3 Å². The molecule has 2 rings (SSSR count). The zero-order valence-corrected chi connectivity index (χ0v) is 9.97. The maximum atomic E-state index is 4.41. The highest BCUT2D eigenvalue weighted by molar-refractivity contribution is 8.15. The van der Waals surface area contributed by atoms with Crippen LogP contribution < -0.4 is 5.43 Å². The number of nitrogens with zero attached hydrogens (tertiary/aromatic N) is 1. The summed E-state index contributed by atoms with van der Waals surface area (Å²) in [6, 6.07) is 10.3. The molecule has 0 unspecified atom stereocenters. The van der Waals surface area contributed by atoms with Crippen molar-refractivity contribution >= 4 is 16.8 Å². The predicted molar refractivity (Wildman–Crippen MR) is 67.0 cm³/mol. The second-order valence-electron chi connectivity index (χ2n) is 3.98. The molecular weight excluding hydrogens is 204 g/mol. The van der Waals surface area contributed by atoms with E-state index in [4.69, 9.17) is 0 Å². The van der Waals surface area contributed by atoms with Gasteiger partial charge in [-0.1, -0.05) is 55.4 Å². The fourth-order valence-corrected chi connectivity index (χ4v) is 2.89. The standard InChI is InChI=1S/C12H16N2S/c1-3-9-12(2)14-13-11(15-12)10-7-5-4-6-8-10/h4-8,14H,3,9H2,1-2H3/t12-/m0/s1. The van der Waals surface area contributed by atoms with E-state index in [9.17, 15) is 0 Å². The Kier molecular flexibility index (Phi) is 3.00. The molecule has 0 aliphatic carbocycles. The van der Waals surface area contributed by atoms with Gasteiger partial charge in [-0.2, -0.15) is 5.10 Å². The van der Waals surface area contributed by atoms with Crippen LogP contribution in [0.1, 0.15) is 32.3 Å². The summed E-state index contributed by atoms with van der Waals surface area (Å²) in [6.07, 6.45) is 2.31.